The van der Waals surface area contributed by atoms with Crippen LogP contribution in [-0.4, -0.2) is 16.0 Å². The molecule has 1 unspecified atom stereocenters. The average molecular weight is 278 g/mol. The molecule has 3 rings (SSSR count). The van der Waals surface area contributed by atoms with E-state index in [1.54, 1.807) is 36.7 Å². The molecule has 1 heterocycles. The molecule has 1 amide bonds. The van der Waals surface area contributed by atoms with E-state index in [0.29, 0.717) is 11.3 Å². The van der Waals surface area contributed by atoms with E-state index < -0.39 is 12.0 Å². The Hall–Kier alpha value is -2.72. The predicted octanol–water partition coefficient (Wildman–Crippen LogP) is 2.91. The number of carbonyl (C=O) groups is 1. The van der Waals surface area contributed by atoms with E-state index >= 15 is 0 Å². The van der Waals surface area contributed by atoms with Crippen molar-refractivity contribution >= 4 is 22.4 Å². The number of benzene rings is 2. The minimum Gasteiger partial charge on any atom is -0.378 e. The van der Waals surface area contributed by atoms with Crippen LogP contribution in [0.25, 0.3) is 10.8 Å². The summed E-state index contributed by atoms with van der Waals surface area (Å²) in [6.45, 7) is 0. The second-order valence-electron chi connectivity index (χ2n) is 4.71. The van der Waals surface area contributed by atoms with Gasteiger partial charge in [0.05, 0.1) is 11.9 Å². The van der Waals surface area contributed by atoms with Crippen molar-refractivity contribution in [2.24, 2.45) is 0 Å². The number of hydrogen-bond acceptors (Lipinski definition) is 3. The van der Waals surface area contributed by atoms with Gasteiger partial charge in [0, 0.05) is 17.0 Å². The maximum atomic E-state index is 12.2. The van der Waals surface area contributed by atoms with Gasteiger partial charge in [0.1, 0.15) is 0 Å². The number of carbonyl (C=O) groups excluding carboxylic acids is 1. The molecule has 0 radical (unpaired) electrons. The first-order chi connectivity index (χ1) is 10.3. The SMILES string of the molecule is O=C(Nc1cncc2ccccc12)C(O)c1ccccc1. The molecule has 2 aromatic carbocycles. The number of nitrogens with zero attached hydrogens (tertiary/aromatic N) is 1. The predicted molar refractivity (Wildman–Crippen MR) is 81.8 cm³/mol. The second-order valence-corrected chi connectivity index (χ2v) is 4.71. The van der Waals surface area contributed by atoms with Crippen LogP contribution in [0.4, 0.5) is 5.69 Å². The highest BCUT2D eigenvalue weighted by Gasteiger charge is 2.17. The van der Waals surface area contributed by atoms with Gasteiger partial charge in [-0.1, -0.05) is 54.6 Å². The van der Waals surface area contributed by atoms with Crippen molar-refractivity contribution in [3.8, 4) is 0 Å². The van der Waals surface area contributed by atoms with Crippen LogP contribution in [0, 0.1) is 0 Å². The number of rotatable bonds is 3. The number of amides is 1. The van der Waals surface area contributed by atoms with Crippen LogP contribution in [0.3, 0.4) is 0 Å². The molecule has 0 saturated carbocycles. The fourth-order valence-corrected chi connectivity index (χ4v) is 2.20. The van der Waals surface area contributed by atoms with E-state index in [1.165, 1.54) is 0 Å². The molecule has 4 nitrogen and oxygen atoms in total. The maximum Gasteiger partial charge on any atom is 0.257 e. The topological polar surface area (TPSA) is 62.2 Å². The molecule has 0 aliphatic carbocycles. The standard InChI is InChI=1S/C17H14N2O2/c20-16(12-6-2-1-3-7-12)17(21)19-15-11-18-10-13-8-4-5-9-14(13)15/h1-11,16,20H,(H,19,21). The lowest BCUT2D eigenvalue weighted by molar-refractivity contribution is -0.124. The fraction of sp³-hybridized carbons (Fsp3) is 0.0588. The molecule has 104 valence electrons. The van der Waals surface area contributed by atoms with E-state index in [1.807, 2.05) is 30.3 Å². The molecular weight excluding hydrogens is 264 g/mol. The van der Waals surface area contributed by atoms with Crippen molar-refractivity contribution in [1.82, 2.24) is 4.98 Å². The Morgan fingerprint density at radius 1 is 1.00 bits per heavy atom. The summed E-state index contributed by atoms with van der Waals surface area (Å²) >= 11 is 0. The summed E-state index contributed by atoms with van der Waals surface area (Å²) in [6, 6.07) is 16.5. The van der Waals surface area contributed by atoms with Crippen LogP contribution in [0.5, 0.6) is 0 Å². The summed E-state index contributed by atoms with van der Waals surface area (Å²) in [4.78, 5) is 16.3. The van der Waals surface area contributed by atoms with Gasteiger partial charge in [0.2, 0.25) is 0 Å². The van der Waals surface area contributed by atoms with Crippen LogP contribution >= 0.6 is 0 Å². The lowest BCUT2D eigenvalue weighted by atomic mass is 10.1. The van der Waals surface area contributed by atoms with E-state index in [9.17, 15) is 9.90 Å². The third-order valence-corrected chi connectivity index (χ3v) is 3.29. The van der Waals surface area contributed by atoms with Gasteiger partial charge in [0.25, 0.3) is 5.91 Å². The first kappa shape index (κ1) is 13.3. The zero-order valence-electron chi connectivity index (χ0n) is 11.2. The molecule has 1 aromatic heterocycles. The lowest BCUT2D eigenvalue weighted by Gasteiger charge is -2.12. The number of pyridine rings is 1. The van der Waals surface area contributed by atoms with Gasteiger partial charge in [-0.25, -0.2) is 0 Å². The molecule has 0 aliphatic heterocycles. The molecule has 4 heteroatoms. The summed E-state index contributed by atoms with van der Waals surface area (Å²) in [5, 5.41) is 14.6. The third-order valence-electron chi connectivity index (χ3n) is 3.29. The lowest BCUT2D eigenvalue weighted by Crippen LogP contribution is -2.21. The fourth-order valence-electron chi connectivity index (χ4n) is 2.20. The van der Waals surface area contributed by atoms with Gasteiger partial charge in [-0.2, -0.15) is 0 Å². The van der Waals surface area contributed by atoms with Crippen LogP contribution in [-0.2, 0) is 4.79 Å². The number of aliphatic hydroxyl groups is 1. The minimum atomic E-state index is -1.20. The summed E-state index contributed by atoms with van der Waals surface area (Å²) < 4.78 is 0. The molecule has 2 N–H and O–H groups in total. The van der Waals surface area contributed by atoms with Crippen molar-refractivity contribution in [2.45, 2.75) is 6.10 Å². The second kappa shape index (κ2) is 5.73. The van der Waals surface area contributed by atoms with Crippen LogP contribution < -0.4 is 5.32 Å². The first-order valence-corrected chi connectivity index (χ1v) is 6.62. The molecule has 21 heavy (non-hydrogen) atoms. The molecular formula is C17H14N2O2. The number of aliphatic hydroxyl groups excluding tert-OH is 1. The van der Waals surface area contributed by atoms with Crippen molar-refractivity contribution in [2.75, 3.05) is 5.32 Å². The Morgan fingerprint density at radius 3 is 2.52 bits per heavy atom. The average Bonchev–Trinajstić information content (AvgIpc) is 2.55. The van der Waals surface area contributed by atoms with Crippen molar-refractivity contribution in [3.63, 3.8) is 0 Å². The van der Waals surface area contributed by atoms with Crippen LogP contribution in [0.1, 0.15) is 11.7 Å². The third kappa shape index (κ3) is 2.75. The summed E-state index contributed by atoms with van der Waals surface area (Å²) in [7, 11) is 0. The molecule has 1 atom stereocenters. The van der Waals surface area contributed by atoms with Crippen LogP contribution in [0.2, 0.25) is 0 Å². The van der Waals surface area contributed by atoms with Crippen molar-refractivity contribution in [1.29, 1.82) is 0 Å². The van der Waals surface area contributed by atoms with Gasteiger partial charge in [0.15, 0.2) is 6.10 Å². The smallest absolute Gasteiger partial charge is 0.257 e. The Morgan fingerprint density at radius 2 is 1.71 bits per heavy atom. The number of nitrogens with one attached hydrogen (secondary N) is 1. The summed E-state index contributed by atoms with van der Waals surface area (Å²) in [6.07, 6.45) is 2.11. The van der Waals surface area contributed by atoms with Gasteiger partial charge in [-0.05, 0) is 5.56 Å². The van der Waals surface area contributed by atoms with Gasteiger partial charge in [-0.3, -0.25) is 9.78 Å². The monoisotopic (exact) mass is 278 g/mol. The molecule has 0 bridgehead atoms. The van der Waals surface area contributed by atoms with Crippen molar-refractivity contribution in [3.05, 3.63) is 72.6 Å². The molecule has 0 saturated heterocycles. The van der Waals surface area contributed by atoms with E-state index in [4.69, 9.17) is 0 Å². The number of aromatic nitrogens is 1. The minimum absolute atomic E-state index is 0.473. The Kier molecular flexibility index (Phi) is 3.62. The zero-order valence-corrected chi connectivity index (χ0v) is 11.2. The van der Waals surface area contributed by atoms with E-state index in [-0.39, 0.29) is 0 Å². The van der Waals surface area contributed by atoms with Crippen LogP contribution in [0.15, 0.2) is 67.0 Å². The highest BCUT2D eigenvalue weighted by molar-refractivity contribution is 6.03. The van der Waals surface area contributed by atoms with E-state index in [2.05, 4.69) is 10.3 Å². The number of hydrogen-bond donors (Lipinski definition) is 2. The largest absolute Gasteiger partial charge is 0.378 e. The highest BCUT2D eigenvalue weighted by atomic mass is 16.3. The summed E-state index contributed by atoms with van der Waals surface area (Å²) in [5.41, 5.74) is 1.15. The molecule has 0 aliphatic rings. The van der Waals surface area contributed by atoms with Gasteiger partial charge < -0.3 is 10.4 Å². The maximum absolute atomic E-state index is 12.2. The Bertz CT molecular complexity index is 767. The van der Waals surface area contributed by atoms with Gasteiger partial charge >= 0.3 is 0 Å². The number of fused-ring (bicyclic) bond motifs is 1. The quantitative estimate of drug-likeness (QED) is 0.774. The van der Waals surface area contributed by atoms with Gasteiger partial charge in [-0.15, -0.1) is 0 Å². The normalized spacial score (nSPS) is 12.0. The number of anilines is 1. The summed E-state index contributed by atoms with van der Waals surface area (Å²) in [5.74, 6) is -0.473. The molecule has 3 aromatic rings. The van der Waals surface area contributed by atoms with E-state index in [0.717, 1.165) is 10.8 Å². The Labute approximate surface area is 122 Å². The highest BCUT2D eigenvalue weighted by Crippen LogP contribution is 2.23. The molecule has 0 fully saturated rings. The zero-order chi connectivity index (χ0) is 14.7. The molecule has 0 spiro atoms. The Balaban J connectivity index is 1.87. The van der Waals surface area contributed by atoms with Crippen molar-refractivity contribution < 1.29 is 9.90 Å². The first-order valence-electron chi connectivity index (χ1n) is 6.62.